The molecule has 6 heteroatoms. The van der Waals surface area contributed by atoms with Crippen molar-refractivity contribution in [3.63, 3.8) is 0 Å². The molecule has 0 amide bonds. The third-order valence-corrected chi connectivity index (χ3v) is 4.44. The standard InChI is InChI=1S/C13H19N3OS2/c1-3-6-15(4-2)7-8-16-12(17)11-10(5-9-19-11)14-13(16)18/h5,9H,3-4,6-8H2,1-2H3,(H,14,18). The van der Waals surface area contributed by atoms with Crippen LogP contribution in [0.15, 0.2) is 16.2 Å². The van der Waals surface area contributed by atoms with Gasteiger partial charge in [-0.25, -0.2) is 0 Å². The smallest absolute Gasteiger partial charge is 0.272 e. The van der Waals surface area contributed by atoms with Gasteiger partial charge in [-0.3, -0.25) is 9.36 Å². The first-order valence-corrected chi connectivity index (χ1v) is 7.88. The number of likely N-dealkylation sites (N-methyl/N-ethyl adjacent to an activating group) is 1. The molecule has 0 saturated heterocycles. The van der Waals surface area contributed by atoms with E-state index in [2.05, 4.69) is 23.7 Å². The average molecular weight is 297 g/mol. The molecule has 0 bridgehead atoms. The van der Waals surface area contributed by atoms with E-state index in [1.165, 1.54) is 11.3 Å². The monoisotopic (exact) mass is 297 g/mol. The number of H-pyrrole nitrogens is 1. The van der Waals surface area contributed by atoms with Gasteiger partial charge in [-0.05, 0) is 43.2 Å². The van der Waals surface area contributed by atoms with Crippen LogP contribution in [-0.2, 0) is 6.54 Å². The predicted molar refractivity (Wildman–Crippen MR) is 83.7 cm³/mol. The molecule has 1 N–H and O–H groups in total. The molecule has 104 valence electrons. The quantitative estimate of drug-likeness (QED) is 0.834. The molecule has 0 aromatic carbocycles. The SMILES string of the molecule is CCCN(CC)CCn1c(=S)[nH]c2ccsc2c1=O. The molecule has 2 aromatic rings. The van der Waals surface area contributed by atoms with Gasteiger partial charge >= 0.3 is 0 Å². The Bertz CT molecular complexity index is 656. The van der Waals surface area contributed by atoms with Gasteiger partial charge in [-0.2, -0.15) is 0 Å². The summed E-state index contributed by atoms with van der Waals surface area (Å²) in [6.45, 7) is 7.87. The normalized spacial score (nSPS) is 11.5. The first-order valence-electron chi connectivity index (χ1n) is 6.60. The molecular formula is C13H19N3OS2. The van der Waals surface area contributed by atoms with Crippen molar-refractivity contribution in [2.24, 2.45) is 0 Å². The van der Waals surface area contributed by atoms with Crippen molar-refractivity contribution in [2.75, 3.05) is 19.6 Å². The van der Waals surface area contributed by atoms with Crippen LogP contribution in [0.4, 0.5) is 0 Å². The minimum atomic E-state index is 0.0290. The van der Waals surface area contributed by atoms with Crippen LogP contribution in [0.3, 0.4) is 0 Å². The van der Waals surface area contributed by atoms with E-state index < -0.39 is 0 Å². The number of aromatic amines is 1. The van der Waals surface area contributed by atoms with Crippen molar-refractivity contribution >= 4 is 33.8 Å². The molecule has 0 atom stereocenters. The third-order valence-electron chi connectivity index (χ3n) is 3.22. The Hall–Kier alpha value is -0.980. The maximum absolute atomic E-state index is 12.3. The number of aromatic nitrogens is 2. The largest absolute Gasteiger partial charge is 0.331 e. The van der Waals surface area contributed by atoms with Crippen molar-refractivity contribution in [1.82, 2.24) is 14.5 Å². The number of nitrogens with zero attached hydrogens (tertiary/aromatic N) is 2. The highest BCUT2D eigenvalue weighted by Crippen LogP contribution is 2.13. The van der Waals surface area contributed by atoms with Crippen LogP contribution in [-0.4, -0.2) is 34.1 Å². The molecule has 0 aliphatic carbocycles. The summed E-state index contributed by atoms with van der Waals surface area (Å²) in [5, 5.41) is 1.91. The van der Waals surface area contributed by atoms with Gasteiger partial charge in [-0.15, -0.1) is 11.3 Å². The van der Waals surface area contributed by atoms with E-state index in [0.29, 0.717) is 11.3 Å². The molecule has 0 aliphatic heterocycles. The summed E-state index contributed by atoms with van der Waals surface area (Å²) in [5.41, 5.74) is 0.874. The van der Waals surface area contributed by atoms with Crippen LogP contribution in [0.2, 0.25) is 0 Å². The van der Waals surface area contributed by atoms with Gasteiger partial charge in [0.15, 0.2) is 4.77 Å². The van der Waals surface area contributed by atoms with Gasteiger partial charge in [0.05, 0.1) is 5.52 Å². The summed E-state index contributed by atoms with van der Waals surface area (Å²) in [7, 11) is 0. The van der Waals surface area contributed by atoms with Crippen molar-refractivity contribution in [3.8, 4) is 0 Å². The second kappa shape index (κ2) is 6.45. The van der Waals surface area contributed by atoms with E-state index in [0.717, 1.165) is 36.3 Å². The lowest BCUT2D eigenvalue weighted by Gasteiger charge is -2.19. The first kappa shape index (κ1) is 14.4. The van der Waals surface area contributed by atoms with Gasteiger partial charge in [0.1, 0.15) is 4.70 Å². The van der Waals surface area contributed by atoms with Crippen molar-refractivity contribution in [3.05, 3.63) is 26.6 Å². The van der Waals surface area contributed by atoms with Crippen molar-refractivity contribution < 1.29 is 0 Å². The lowest BCUT2D eigenvalue weighted by molar-refractivity contribution is 0.274. The Kier molecular flexibility index (Phi) is 4.90. The molecule has 0 aliphatic rings. The molecule has 2 rings (SSSR count). The molecule has 0 fully saturated rings. The van der Waals surface area contributed by atoms with Gasteiger partial charge in [0.2, 0.25) is 0 Å². The second-order valence-corrected chi connectivity index (χ2v) is 5.79. The number of rotatable bonds is 6. The zero-order valence-electron chi connectivity index (χ0n) is 11.3. The first-order chi connectivity index (χ1) is 9.17. The van der Waals surface area contributed by atoms with Crippen LogP contribution < -0.4 is 5.56 Å². The highest BCUT2D eigenvalue weighted by Gasteiger charge is 2.08. The topological polar surface area (TPSA) is 41.0 Å². The molecular weight excluding hydrogens is 278 g/mol. The Morgan fingerprint density at radius 2 is 2.21 bits per heavy atom. The fourth-order valence-corrected chi connectivity index (χ4v) is 3.24. The maximum Gasteiger partial charge on any atom is 0.272 e. The number of hydrogen-bond donors (Lipinski definition) is 1. The van der Waals surface area contributed by atoms with Gasteiger partial charge in [0.25, 0.3) is 5.56 Å². The fraction of sp³-hybridized carbons (Fsp3) is 0.538. The summed E-state index contributed by atoms with van der Waals surface area (Å²) in [5.74, 6) is 0. The number of thiophene rings is 1. The Morgan fingerprint density at radius 3 is 2.89 bits per heavy atom. The highest BCUT2D eigenvalue weighted by molar-refractivity contribution is 7.71. The zero-order valence-corrected chi connectivity index (χ0v) is 12.9. The summed E-state index contributed by atoms with van der Waals surface area (Å²) in [6, 6.07) is 1.90. The van der Waals surface area contributed by atoms with Crippen LogP contribution in [0, 0.1) is 4.77 Å². The number of hydrogen-bond acceptors (Lipinski definition) is 4. The molecule has 0 unspecified atom stereocenters. The van der Waals surface area contributed by atoms with Gasteiger partial charge in [-0.1, -0.05) is 13.8 Å². The second-order valence-electron chi connectivity index (χ2n) is 4.48. The molecule has 4 nitrogen and oxygen atoms in total. The number of fused-ring (bicyclic) bond motifs is 1. The van der Waals surface area contributed by atoms with E-state index >= 15 is 0 Å². The zero-order chi connectivity index (χ0) is 13.8. The van der Waals surface area contributed by atoms with Crippen LogP contribution in [0.1, 0.15) is 20.3 Å². The summed E-state index contributed by atoms with van der Waals surface area (Å²) in [4.78, 5) is 17.8. The molecule has 0 radical (unpaired) electrons. The van der Waals surface area contributed by atoms with E-state index in [1.54, 1.807) is 4.57 Å². The van der Waals surface area contributed by atoms with Gasteiger partial charge in [0, 0.05) is 13.1 Å². The minimum absolute atomic E-state index is 0.0290. The Labute approximate surface area is 121 Å². The summed E-state index contributed by atoms with van der Waals surface area (Å²) >= 11 is 6.74. The molecule has 0 saturated carbocycles. The average Bonchev–Trinajstić information content (AvgIpc) is 2.85. The molecule has 2 aromatic heterocycles. The van der Waals surface area contributed by atoms with Crippen molar-refractivity contribution in [2.45, 2.75) is 26.8 Å². The van der Waals surface area contributed by atoms with Crippen LogP contribution >= 0.6 is 23.6 Å². The minimum Gasteiger partial charge on any atom is -0.331 e. The van der Waals surface area contributed by atoms with E-state index in [4.69, 9.17) is 12.2 Å². The summed E-state index contributed by atoms with van der Waals surface area (Å²) < 4.78 is 2.95. The predicted octanol–water partition coefficient (Wildman–Crippen LogP) is 2.85. The highest BCUT2D eigenvalue weighted by atomic mass is 32.1. The third kappa shape index (κ3) is 3.13. The maximum atomic E-state index is 12.3. The van der Waals surface area contributed by atoms with E-state index in [-0.39, 0.29) is 5.56 Å². The lowest BCUT2D eigenvalue weighted by Crippen LogP contribution is -2.32. The summed E-state index contributed by atoms with van der Waals surface area (Å²) in [6.07, 6.45) is 1.12. The molecule has 0 spiro atoms. The van der Waals surface area contributed by atoms with E-state index in [9.17, 15) is 4.79 Å². The Morgan fingerprint density at radius 1 is 1.42 bits per heavy atom. The fourth-order valence-electron chi connectivity index (χ4n) is 2.16. The Balaban J connectivity index is 2.25. The lowest BCUT2D eigenvalue weighted by atomic mass is 10.4. The van der Waals surface area contributed by atoms with E-state index in [1.807, 2.05) is 11.4 Å². The van der Waals surface area contributed by atoms with Gasteiger partial charge < -0.3 is 9.88 Å². The van der Waals surface area contributed by atoms with Crippen molar-refractivity contribution in [1.29, 1.82) is 0 Å². The van der Waals surface area contributed by atoms with Crippen LogP contribution in [0.5, 0.6) is 0 Å². The van der Waals surface area contributed by atoms with Crippen LogP contribution in [0.25, 0.3) is 10.2 Å². The molecule has 19 heavy (non-hydrogen) atoms. The molecule has 2 heterocycles. The number of nitrogens with one attached hydrogen (secondary N) is 1.